The molecule has 0 aliphatic carbocycles. The third-order valence-electron chi connectivity index (χ3n) is 8.23. The molecule has 1 aromatic rings. The van der Waals surface area contributed by atoms with E-state index in [9.17, 15) is 19.5 Å². The highest BCUT2D eigenvalue weighted by atomic mass is 16.5. The minimum atomic E-state index is -0.575. The smallest absolute Gasteiger partial charge is 0.338 e. The summed E-state index contributed by atoms with van der Waals surface area (Å²) in [4.78, 5) is 41.6. The van der Waals surface area contributed by atoms with Crippen LogP contribution in [0.1, 0.15) is 54.4 Å². The van der Waals surface area contributed by atoms with Gasteiger partial charge in [-0.15, -0.1) is 0 Å². The Morgan fingerprint density at radius 1 is 1.12 bits per heavy atom. The first-order valence-corrected chi connectivity index (χ1v) is 14.9. The number of carbonyl (C=O) groups is 3. The average molecular weight is 602 g/mol. The van der Waals surface area contributed by atoms with Crippen molar-refractivity contribution in [1.82, 2.24) is 25.8 Å². The molecule has 1 aromatic carbocycles. The van der Waals surface area contributed by atoms with Crippen LogP contribution in [0.4, 0.5) is 0 Å². The summed E-state index contributed by atoms with van der Waals surface area (Å²) in [6.07, 6.45) is 4.91. The normalized spacial score (nSPS) is 21.0. The summed E-state index contributed by atoms with van der Waals surface area (Å²) in [6, 6.07) is 5.80. The number of nitrogens with two attached hydrogens (primary N) is 2. The van der Waals surface area contributed by atoms with E-state index < -0.39 is 18.1 Å². The number of aliphatic hydroxyl groups is 1. The maximum atomic E-state index is 13.3. The van der Waals surface area contributed by atoms with E-state index in [0.717, 1.165) is 18.4 Å². The van der Waals surface area contributed by atoms with Crippen molar-refractivity contribution in [3.63, 3.8) is 0 Å². The lowest BCUT2D eigenvalue weighted by molar-refractivity contribution is -0.128. The summed E-state index contributed by atoms with van der Waals surface area (Å²) in [5.74, 6) is -1.08. The highest BCUT2D eigenvalue weighted by Crippen LogP contribution is 2.21. The Kier molecular flexibility index (Phi) is 13.0. The lowest BCUT2D eigenvalue weighted by atomic mass is 9.91. The van der Waals surface area contributed by atoms with Gasteiger partial charge in [-0.05, 0) is 69.0 Å². The van der Waals surface area contributed by atoms with Gasteiger partial charge in [-0.25, -0.2) is 4.79 Å². The Balaban J connectivity index is 1.58. The minimum Gasteiger partial charge on any atom is -0.465 e. The van der Waals surface area contributed by atoms with Crippen LogP contribution in [0.25, 0.3) is 0 Å². The van der Waals surface area contributed by atoms with Gasteiger partial charge in [0, 0.05) is 19.6 Å². The molecule has 2 amide bonds. The number of guanidine groups is 2. The lowest BCUT2D eigenvalue weighted by Gasteiger charge is -2.40. The van der Waals surface area contributed by atoms with Crippen LogP contribution in [-0.2, 0) is 20.7 Å². The Morgan fingerprint density at radius 2 is 1.86 bits per heavy atom. The molecule has 43 heavy (non-hydrogen) atoms. The van der Waals surface area contributed by atoms with Gasteiger partial charge in [-0.3, -0.25) is 20.4 Å². The fraction of sp³-hybridized carbons (Fsp3) is 0.621. The number of carbonyl (C=O) groups excluding carboxylic acids is 3. The number of hydrogen-bond donors (Lipinski definition) is 8. The van der Waals surface area contributed by atoms with Gasteiger partial charge >= 0.3 is 5.97 Å². The molecule has 14 nitrogen and oxygen atoms in total. The van der Waals surface area contributed by atoms with Gasteiger partial charge in [-0.2, -0.15) is 0 Å². The van der Waals surface area contributed by atoms with E-state index >= 15 is 0 Å². The van der Waals surface area contributed by atoms with Gasteiger partial charge in [0.05, 0.1) is 44.0 Å². The monoisotopic (exact) mass is 601 g/mol. The summed E-state index contributed by atoms with van der Waals surface area (Å²) >= 11 is 0. The molecule has 2 aliphatic heterocycles. The second-order valence-corrected chi connectivity index (χ2v) is 11.2. The van der Waals surface area contributed by atoms with Gasteiger partial charge in [0.1, 0.15) is 0 Å². The molecule has 2 saturated heterocycles. The molecule has 10 N–H and O–H groups in total. The molecule has 0 aromatic heterocycles. The van der Waals surface area contributed by atoms with Gasteiger partial charge in [-0.1, -0.05) is 18.2 Å². The Hall–Kier alpha value is -3.91. The molecule has 0 saturated carbocycles. The van der Waals surface area contributed by atoms with E-state index in [4.69, 9.17) is 27.0 Å². The van der Waals surface area contributed by atoms with Gasteiger partial charge in [0.25, 0.3) is 0 Å². The average Bonchev–Trinajstić information content (AvgIpc) is 3.01. The number of piperidine rings is 2. The molecule has 14 heteroatoms. The number of ether oxygens (including phenoxy) is 1. The standard InChI is InChI=1S/C29H47N9O5/c1-43-27(42)21-10-3-2-8-20(21)9-4-12-34-23(15-19-7-5-13-37(17-19)28(30)31)26(41)35-16-25(40)36-22-11-6-14-38(29(32)33)24(22)18-39/h2-3,8,10,19,22-24,34,39H,4-7,9,11-18H2,1H3,(H3,30,31)(H3,32,33)(H,35,41)(H,36,40)/t19-,22?,23?,24?/m1/s1. The number of aliphatic hydroxyl groups excluding tert-OH is 1. The summed E-state index contributed by atoms with van der Waals surface area (Å²) in [6.45, 7) is 1.85. The quantitative estimate of drug-likeness (QED) is 0.0615. The zero-order valence-electron chi connectivity index (χ0n) is 24.9. The van der Waals surface area contributed by atoms with E-state index in [0.29, 0.717) is 63.8 Å². The number of amides is 2. The van der Waals surface area contributed by atoms with Crippen LogP contribution in [0.15, 0.2) is 24.3 Å². The van der Waals surface area contributed by atoms with Gasteiger partial charge in [0.2, 0.25) is 11.8 Å². The van der Waals surface area contributed by atoms with E-state index in [1.54, 1.807) is 17.0 Å². The van der Waals surface area contributed by atoms with Gasteiger partial charge < -0.3 is 47.1 Å². The van der Waals surface area contributed by atoms with E-state index in [1.165, 1.54) is 7.11 Å². The van der Waals surface area contributed by atoms with Crippen LogP contribution in [0.3, 0.4) is 0 Å². The summed E-state index contributed by atoms with van der Waals surface area (Å²) in [5, 5.41) is 34.4. The largest absolute Gasteiger partial charge is 0.465 e. The Bertz CT molecular complexity index is 1130. The van der Waals surface area contributed by atoms with Crippen LogP contribution in [0.5, 0.6) is 0 Å². The van der Waals surface area contributed by atoms with Crippen LogP contribution >= 0.6 is 0 Å². The molecule has 238 valence electrons. The molecular weight excluding hydrogens is 554 g/mol. The predicted octanol–water partition coefficient (Wildman–Crippen LogP) is -0.689. The van der Waals surface area contributed by atoms with Crippen LogP contribution in [0.2, 0.25) is 0 Å². The molecule has 2 aliphatic rings. The Morgan fingerprint density at radius 3 is 2.56 bits per heavy atom. The van der Waals surface area contributed by atoms with E-state index in [-0.39, 0.29) is 48.8 Å². The topological polar surface area (TPSA) is 223 Å². The molecular formula is C29H47N9O5. The number of aryl methyl sites for hydroxylation is 1. The highest BCUT2D eigenvalue weighted by molar-refractivity contribution is 5.91. The third kappa shape index (κ3) is 9.82. The Labute approximate surface area is 252 Å². The number of nitrogens with zero attached hydrogens (tertiary/aromatic N) is 2. The predicted molar refractivity (Wildman–Crippen MR) is 162 cm³/mol. The molecule has 0 radical (unpaired) electrons. The SMILES string of the molecule is COC(=O)c1ccccc1CCCNC(C[C@H]1CCCN(C(=N)N)C1)C(=O)NCC(=O)NC1CCCN(C(=N)N)C1CO. The first-order chi connectivity index (χ1) is 20.6. The first kappa shape index (κ1) is 33.6. The maximum absolute atomic E-state index is 13.3. The lowest BCUT2D eigenvalue weighted by Crippen LogP contribution is -2.60. The summed E-state index contributed by atoms with van der Waals surface area (Å²) in [7, 11) is 1.35. The van der Waals surface area contributed by atoms with Crippen molar-refractivity contribution in [2.24, 2.45) is 17.4 Å². The molecule has 2 heterocycles. The zero-order chi connectivity index (χ0) is 31.4. The summed E-state index contributed by atoms with van der Waals surface area (Å²) in [5.41, 5.74) is 12.8. The fourth-order valence-electron chi connectivity index (χ4n) is 5.99. The van der Waals surface area contributed by atoms with Crippen molar-refractivity contribution < 1.29 is 24.2 Å². The van der Waals surface area contributed by atoms with E-state index in [1.807, 2.05) is 17.0 Å². The van der Waals surface area contributed by atoms with Gasteiger partial charge in [0.15, 0.2) is 11.9 Å². The first-order valence-electron chi connectivity index (χ1n) is 14.9. The molecule has 3 rings (SSSR count). The number of hydrogen-bond acceptors (Lipinski definition) is 8. The van der Waals surface area contributed by atoms with Crippen molar-refractivity contribution >= 4 is 29.7 Å². The summed E-state index contributed by atoms with van der Waals surface area (Å²) < 4.78 is 4.89. The zero-order valence-corrected chi connectivity index (χ0v) is 24.9. The number of rotatable bonds is 13. The molecule has 2 fully saturated rings. The number of methoxy groups -OCH3 is 1. The van der Waals surface area contributed by atoms with Crippen molar-refractivity contribution in [1.29, 1.82) is 10.8 Å². The second-order valence-electron chi connectivity index (χ2n) is 11.2. The molecule has 0 bridgehead atoms. The van der Waals surface area contributed by atoms with Crippen molar-refractivity contribution in [2.45, 2.75) is 63.1 Å². The number of benzene rings is 1. The van der Waals surface area contributed by atoms with Crippen LogP contribution in [0, 0.1) is 16.7 Å². The maximum Gasteiger partial charge on any atom is 0.338 e. The van der Waals surface area contributed by atoms with E-state index in [2.05, 4.69) is 16.0 Å². The number of likely N-dealkylation sites (tertiary alicyclic amines) is 2. The van der Waals surface area contributed by atoms with Crippen LogP contribution < -0.4 is 27.4 Å². The molecule has 0 spiro atoms. The van der Waals surface area contributed by atoms with Crippen LogP contribution in [-0.4, -0.2) is 109 Å². The van der Waals surface area contributed by atoms with Crippen molar-refractivity contribution in [3.8, 4) is 0 Å². The second kappa shape index (κ2) is 16.7. The molecule has 4 atom stereocenters. The highest BCUT2D eigenvalue weighted by Gasteiger charge is 2.33. The minimum absolute atomic E-state index is 0.0202. The number of nitrogens with one attached hydrogen (secondary N) is 5. The fourth-order valence-corrected chi connectivity index (χ4v) is 5.99. The molecule has 3 unspecified atom stereocenters. The van der Waals surface area contributed by atoms with Crippen molar-refractivity contribution in [3.05, 3.63) is 35.4 Å². The number of esters is 1. The van der Waals surface area contributed by atoms with Crippen molar-refractivity contribution in [2.75, 3.05) is 46.4 Å². The third-order valence-corrected chi connectivity index (χ3v) is 8.23.